The number of H-pyrrole nitrogens is 1. The number of fused-ring (bicyclic) bond motifs is 1. The molecule has 1 heterocycles. The van der Waals surface area contributed by atoms with Gasteiger partial charge in [0.2, 0.25) is 5.43 Å². The first-order chi connectivity index (χ1) is 14.9. The molecule has 3 rings (SSSR count). The van der Waals surface area contributed by atoms with Gasteiger partial charge < -0.3 is 15.0 Å². The van der Waals surface area contributed by atoms with Gasteiger partial charge in [0.1, 0.15) is 16.7 Å². The minimum Gasteiger partial charge on any atom is -0.465 e. The normalized spacial score (nSPS) is 10.8. The number of pyridine rings is 1. The molecule has 1 amide bonds. The topological polar surface area (TPSA) is 88.3 Å². The van der Waals surface area contributed by atoms with E-state index >= 15 is 0 Å². The van der Waals surface area contributed by atoms with Gasteiger partial charge in [0.25, 0.3) is 5.91 Å². The van der Waals surface area contributed by atoms with E-state index in [1.165, 1.54) is 12.3 Å². The van der Waals surface area contributed by atoms with Crippen molar-refractivity contribution in [3.05, 3.63) is 80.3 Å². The van der Waals surface area contributed by atoms with Crippen LogP contribution in [0.1, 0.15) is 27.9 Å². The van der Waals surface area contributed by atoms with Crippen LogP contribution in [0.15, 0.2) is 47.4 Å². The average Bonchev–Trinajstić information content (AvgIpc) is 2.76. The zero-order valence-electron chi connectivity index (χ0n) is 16.3. The van der Waals surface area contributed by atoms with Crippen LogP contribution < -0.4 is 10.7 Å². The summed E-state index contributed by atoms with van der Waals surface area (Å²) in [6.07, 6.45) is 2.10. The van der Waals surface area contributed by atoms with Crippen LogP contribution in [0.2, 0.25) is 5.02 Å². The smallest absolute Gasteiger partial charge is 0.316 e. The van der Waals surface area contributed by atoms with Gasteiger partial charge >= 0.3 is 5.97 Å². The van der Waals surface area contributed by atoms with E-state index < -0.39 is 17.2 Å². The Kier molecular flexibility index (Phi) is 7.81. The summed E-state index contributed by atoms with van der Waals surface area (Å²) in [6, 6.07) is 9.83. The molecule has 0 fully saturated rings. The summed E-state index contributed by atoms with van der Waals surface area (Å²) in [5, 5.41) is 3.46. The van der Waals surface area contributed by atoms with Gasteiger partial charge in [-0.25, -0.2) is 4.39 Å². The third-order valence-corrected chi connectivity index (χ3v) is 5.30. The number of aromatic amines is 1. The lowest BCUT2D eigenvalue weighted by molar-refractivity contribution is -0.140. The van der Waals surface area contributed by atoms with Crippen molar-refractivity contribution in [2.45, 2.75) is 19.4 Å². The molecule has 31 heavy (non-hydrogen) atoms. The summed E-state index contributed by atoms with van der Waals surface area (Å²) >= 11 is 8.85. The summed E-state index contributed by atoms with van der Waals surface area (Å²) in [5.41, 5.74) is 0.764. The number of rotatable bonds is 8. The van der Waals surface area contributed by atoms with Crippen molar-refractivity contribution >= 4 is 50.3 Å². The Labute approximate surface area is 190 Å². The molecule has 2 N–H and O–H groups in total. The zero-order valence-corrected chi connectivity index (χ0v) is 18.7. The van der Waals surface area contributed by atoms with Crippen molar-refractivity contribution in [2.75, 3.05) is 11.9 Å². The van der Waals surface area contributed by atoms with Gasteiger partial charge in [-0.05, 0) is 48.2 Å². The van der Waals surface area contributed by atoms with Crippen LogP contribution in [0.25, 0.3) is 10.9 Å². The molecule has 3 aromatic rings. The molecule has 2 aromatic carbocycles. The number of alkyl halides is 1. The minimum atomic E-state index is -0.588. The Hall–Kier alpha value is -2.71. The summed E-state index contributed by atoms with van der Waals surface area (Å²) in [6.45, 7) is 0.405. The van der Waals surface area contributed by atoms with Gasteiger partial charge in [0, 0.05) is 23.2 Å². The molecule has 0 bridgehead atoms. The van der Waals surface area contributed by atoms with E-state index in [-0.39, 0.29) is 40.9 Å². The first-order valence-corrected chi connectivity index (χ1v) is 11.0. The SMILES string of the molecule is O=C(CBr)OCCCc1cc(F)c2[nH]cc(C(=O)NCc3ccc(Cl)cc3)c(=O)c2c1. The summed E-state index contributed by atoms with van der Waals surface area (Å²) < 4.78 is 19.4. The molecule has 0 saturated heterocycles. The van der Waals surface area contributed by atoms with Crippen molar-refractivity contribution < 1.29 is 18.7 Å². The highest BCUT2D eigenvalue weighted by Gasteiger charge is 2.15. The maximum absolute atomic E-state index is 14.5. The van der Waals surface area contributed by atoms with Gasteiger partial charge in [-0.15, -0.1) is 0 Å². The molecule has 162 valence electrons. The van der Waals surface area contributed by atoms with Crippen LogP contribution in [0.4, 0.5) is 4.39 Å². The Morgan fingerprint density at radius 1 is 1.16 bits per heavy atom. The monoisotopic (exact) mass is 508 g/mol. The summed E-state index contributed by atoms with van der Waals surface area (Å²) in [4.78, 5) is 39.2. The summed E-state index contributed by atoms with van der Waals surface area (Å²) in [5.74, 6) is -1.53. The van der Waals surface area contributed by atoms with E-state index in [1.807, 2.05) is 0 Å². The zero-order chi connectivity index (χ0) is 22.4. The molecule has 6 nitrogen and oxygen atoms in total. The number of halogens is 3. The molecular weight excluding hydrogens is 491 g/mol. The molecule has 9 heteroatoms. The van der Waals surface area contributed by atoms with E-state index in [0.29, 0.717) is 23.4 Å². The third-order valence-electron chi connectivity index (χ3n) is 4.59. The van der Waals surface area contributed by atoms with Crippen molar-refractivity contribution in [3.8, 4) is 0 Å². The van der Waals surface area contributed by atoms with Gasteiger partial charge in [-0.2, -0.15) is 0 Å². The maximum atomic E-state index is 14.5. The molecule has 0 unspecified atom stereocenters. The fourth-order valence-corrected chi connectivity index (χ4v) is 3.33. The highest BCUT2D eigenvalue weighted by atomic mass is 79.9. The number of nitrogens with one attached hydrogen (secondary N) is 2. The number of hydrogen-bond donors (Lipinski definition) is 2. The van der Waals surface area contributed by atoms with E-state index in [9.17, 15) is 18.8 Å². The van der Waals surface area contributed by atoms with Crippen molar-refractivity contribution in [1.29, 1.82) is 0 Å². The lowest BCUT2D eigenvalue weighted by Crippen LogP contribution is -2.28. The van der Waals surface area contributed by atoms with Crippen molar-refractivity contribution in [3.63, 3.8) is 0 Å². The second-order valence-electron chi connectivity index (χ2n) is 6.80. The Morgan fingerprint density at radius 3 is 2.61 bits per heavy atom. The quantitative estimate of drug-likeness (QED) is 0.272. The Bertz CT molecular complexity index is 1160. The van der Waals surface area contributed by atoms with E-state index in [4.69, 9.17) is 16.3 Å². The highest BCUT2D eigenvalue weighted by Crippen LogP contribution is 2.17. The van der Waals surface area contributed by atoms with Crippen LogP contribution in [-0.2, 0) is 22.5 Å². The summed E-state index contributed by atoms with van der Waals surface area (Å²) in [7, 11) is 0. The van der Waals surface area contributed by atoms with Gasteiger partial charge in [-0.1, -0.05) is 39.7 Å². The van der Waals surface area contributed by atoms with Crippen LogP contribution in [-0.4, -0.2) is 28.8 Å². The number of benzene rings is 2. The van der Waals surface area contributed by atoms with Crippen LogP contribution >= 0.6 is 27.5 Å². The predicted octanol–water partition coefficient (Wildman–Crippen LogP) is 4.12. The number of hydrogen-bond acceptors (Lipinski definition) is 4. The molecule has 0 atom stereocenters. The second kappa shape index (κ2) is 10.5. The molecule has 0 saturated carbocycles. The van der Waals surface area contributed by atoms with Crippen LogP contribution in [0, 0.1) is 5.82 Å². The van der Waals surface area contributed by atoms with Crippen molar-refractivity contribution in [1.82, 2.24) is 10.3 Å². The molecule has 0 aliphatic heterocycles. The van der Waals surface area contributed by atoms with Crippen LogP contribution in [0.5, 0.6) is 0 Å². The van der Waals surface area contributed by atoms with Gasteiger partial charge in [0.15, 0.2) is 0 Å². The number of amides is 1. The molecule has 0 aliphatic rings. The number of carbonyl (C=O) groups excluding carboxylic acids is 2. The largest absolute Gasteiger partial charge is 0.465 e. The van der Waals surface area contributed by atoms with Crippen LogP contribution in [0.3, 0.4) is 0 Å². The molecule has 0 radical (unpaired) electrons. The van der Waals surface area contributed by atoms with Gasteiger partial charge in [0.05, 0.1) is 12.1 Å². The predicted molar refractivity (Wildman–Crippen MR) is 120 cm³/mol. The number of ether oxygens (including phenoxy) is 1. The van der Waals surface area contributed by atoms with Gasteiger partial charge in [-0.3, -0.25) is 14.4 Å². The minimum absolute atomic E-state index is 0.0358. The van der Waals surface area contributed by atoms with E-state index in [0.717, 1.165) is 5.56 Å². The molecule has 0 aliphatic carbocycles. The lowest BCUT2D eigenvalue weighted by Gasteiger charge is -2.09. The second-order valence-corrected chi connectivity index (χ2v) is 7.80. The maximum Gasteiger partial charge on any atom is 0.316 e. The van der Waals surface area contributed by atoms with E-state index in [1.54, 1.807) is 30.3 Å². The number of carbonyl (C=O) groups is 2. The first kappa shape index (κ1) is 23.0. The fourth-order valence-electron chi connectivity index (χ4n) is 3.04. The molecule has 1 aromatic heterocycles. The number of esters is 1. The Balaban J connectivity index is 1.76. The number of aromatic nitrogens is 1. The standard InChI is InChI=1S/C22H19BrClFN2O4/c23-10-19(28)31-7-1-2-14-8-16-20(18(25)9-14)26-12-17(21(16)29)22(30)27-11-13-3-5-15(24)6-4-13/h3-6,8-9,12H,1-2,7,10-11H2,(H,26,29)(H,27,30). The molecule has 0 spiro atoms. The third kappa shape index (κ3) is 5.92. The first-order valence-electron chi connectivity index (χ1n) is 9.47. The Morgan fingerprint density at radius 2 is 1.90 bits per heavy atom. The lowest BCUT2D eigenvalue weighted by atomic mass is 10.0. The number of aryl methyl sites for hydroxylation is 1. The molecular formula is C22H19BrClFN2O4. The average molecular weight is 510 g/mol. The van der Waals surface area contributed by atoms with Crippen molar-refractivity contribution in [2.24, 2.45) is 0 Å². The van der Waals surface area contributed by atoms with E-state index in [2.05, 4.69) is 26.2 Å². The highest BCUT2D eigenvalue weighted by molar-refractivity contribution is 9.09. The fraction of sp³-hybridized carbons (Fsp3) is 0.227.